The Morgan fingerprint density at radius 3 is 2.54 bits per heavy atom. The van der Waals surface area contributed by atoms with Gasteiger partial charge >= 0.3 is 0 Å². The molecule has 2 aromatic rings. The lowest BCUT2D eigenvalue weighted by Gasteiger charge is -2.13. The molecule has 0 saturated carbocycles. The number of nitrogens with zero attached hydrogens (tertiary/aromatic N) is 2. The molecule has 0 aliphatic rings. The normalized spacial score (nSPS) is 12.5. The topological polar surface area (TPSA) is 110 Å². The summed E-state index contributed by atoms with van der Waals surface area (Å²) < 4.78 is 55.3. The van der Waals surface area contributed by atoms with Crippen LogP contribution in [0.3, 0.4) is 0 Å². The molecule has 0 spiro atoms. The molecule has 1 aromatic heterocycles. The standard InChI is InChI=1S/C12H12F2N4O4S2/c1-6(22-7-3-4-8(13)9(14)5-7)10(19)15-11-16-17-12(23-11)18-24(2,20)21/h3-6H,1-2H3,(H,17,18)(H,15,16,19). The van der Waals surface area contributed by atoms with E-state index in [-0.39, 0.29) is 16.0 Å². The summed E-state index contributed by atoms with van der Waals surface area (Å²) in [5.41, 5.74) is 0. The minimum atomic E-state index is -3.50. The molecule has 0 saturated heterocycles. The summed E-state index contributed by atoms with van der Waals surface area (Å²) in [6, 6.07) is 2.88. The highest BCUT2D eigenvalue weighted by Crippen LogP contribution is 2.21. The zero-order valence-corrected chi connectivity index (χ0v) is 14.0. The maximum Gasteiger partial charge on any atom is 0.266 e. The highest BCUT2D eigenvalue weighted by molar-refractivity contribution is 7.92. The van der Waals surface area contributed by atoms with Crippen molar-refractivity contribution in [3.05, 3.63) is 29.8 Å². The molecule has 2 rings (SSSR count). The van der Waals surface area contributed by atoms with Crippen LogP contribution in [0.5, 0.6) is 5.75 Å². The Balaban J connectivity index is 1.97. The van der Waals surface area contributed by atoms with Crippen LogP contribution in [0, 0.1) is 11.6 Å². The molecule has 0 bridgehead atoms. The number of rotatable bonds is 6. The molecule has 130 valence electrons. The van der Waals surface area contributed by atoms with Crippen molar-refractivity contribution in [3.8, 4) is 5.75 Å². The second-order valence-electron chi connectivity index (χ2n) is 4.61. The van der Waals surface area contributed by atoms with Crippen molar-refractivity contribution in [1.29, 1.82) is 0 Å². The largest absolute Gasteiger partial charge is 0.481 e. The Bertz CT molecular complexity index is 856. The summed E-state index contributed by atoms with van der Waals surface area (Å²) in [6.45, 7) is 1.40. The van der Waals surface area contributed by atoms with Crippen LogP contribution in [0.15, 0.2) is 18.2 Å². The van der Waals surface area contributed by atoms with Crippen molar-refractivity contribution in [2.45, 2.75) is 13.0 Å². The smallest absolute Gasteiger partial charge is 0.266 e. The van der Waals surface area contributed by atoms with Crippen molar-refractivity contribution >= 4 is 37.5 Å². The van der Waals surface area contributed by atoms with Crippen molar-refractivity contribution in [1.82, 2.24) is 10.2 Å². The van der Waals surface area contributed by atoms with Crippen molar-refractivity contribution in [2.75, 3.05) is 16.3 Å². The fourth-order valence-electron chi connectivity index (χ4n) is 1.49. The van der Waals surface area contributed by atoms with Crippen LogP contribution in [-0.4, -0.2) is 36.9 Å². The molecule has 0 radical (unpaired) electrons. The first kappa shape index (κ1) is 18.0. The van der Waals surface area contributed by atoms with Gasteiger partial charge in [-0.25, -0.2) is 17.2 Å². The quantitative estimate of drug-likeness (QED) is 0.790. The molecule has 1 amide bonds. The van der Waals surface area contributed by atoms with Crippen LogP contribution < -0.4 is 14.8 Å². The average molecular weight is 378 g/mol. The zero-order valence-electron chi connectivity index (χ0n) is 12.4. The molecule has 1 heterocycles. The van der Waals surface area contributed by atoms with Gasteiger partial charge in [-0.3, -0.25) is 14.8 Å². The minimum Gasteiger partial charge on any atom is -0.481 e. The molecule has 1 unspecified atom stereocenters. The van der Waals surface area contributed by atoms with Gasteiger partial charge in [0.15, 0.2) is 17.7 Å². The summed E-state index contributed by atoms with van der Waals surface area (Å²) in [5.74, 6) is -2.77. The van der Waals surface area contributed by atoms with E-state index >= 15 is 0 Å². The molecule has 8 nitrogen and oxygen atoms in total. The highest BCUT2D eigenvalue weighted by Gasteiger charge is 2.18. The van der Waals surface area contributed by atoms with E-state index in [1.54, 1.807) is 0 Å². The predicted molar refractivity (Wildman–Crippen MR) is 83.5 cm³/mol. The molecule has 2 N–H and O–H groups in total. The Morgan fingerprint density at radius 2 is 1.92 bits per heavy atom. The fourth-order valence-corrected chi connectivity index (χ4v) is 2.97. The number of ether oxygens (including phenoxy) is 1. The van der Waals surface area contributed by atoms with E-state index in [0.717, 1.165) is 29.7 Å². The van der Waals surface area contributed by atoms with Gasteiger partial charge < -0.3 is 4.74 Å². The Morgan fingerprint density at radius 1 is 1.25 bits per heavy atom. The second-order valence-corrected chi connectivity index (χ2v) is 7.34. The van der Waals surface area contributed by atoms with Crippen molar-refractivity contribution < 1.29 is 26.7 Å². The first-order valence-electron chi connectivity index (χ1n) is 6.38. The van der Waals surface area contributed by atoms with E-state index in [1.807, 2.05) is 0 Å². The van der Waals surface area contributed by atoms with Gasteiger partial charge in [-0.2, -0.15) is 0 Å². The van der Waals surface area contributed by atoms with Gasteiger partial charge in [-0.15, -0.1) is 10.2 Å². The lowest BCUT2D eigenvalue weighted by molar-refractivity contribution is -0.122. The SMILES string of the molecule is CC(Oc1ccc(F)c(F)c1)C(=O)Nc1nnc(NS(C)(=O)=O)s1. The maximum atomic E-state index is 13.1. The van der Waals surface area contributed by atoms with Gasteiger partial charge in [0.25, 0.3) is 5.91 Å². The molecule has 1 atom stereocenters. The molecule has 0 fully saturated rings. The predicted octanol–water partition coefficient (Wildman–Crippen LogP) is 1.59. The summed E-state index contributed by atoms with van der Waals surface area (Å²) >= 11 is 0.807. The second kappa shape index (κ2) is 7.05. The van der Waals surface area contributed by atoms with E-state index in [4.69, 9.17) is 4.74 Å². The number of sulfonamides is 1. The molecular formula is C12H12F2N4O4S2. The average Bonchev–Trinajstić information content (AvgIpc) is 2.87. The summed E-state index contributed by atoms with van der Waals surface area (Å²) in [4.78, 5) is 12.0. The number of carbonyl (C=O) groups excluding carboxylic acids is 1. The van der Waals surface area contributed by atoms with E-state index < -0.39 is 33.7 Å². The molecule has 24 heavy (non-hydrogen) atoms. The Kier molecular flexibility index (Phi) is 5.29. The molecule has 1 aromatic carbocycles. The van der Waals surface area contributed by atoms with Crippen LogP contribution in [0.1, 0.15) is 6.92 Å². The monoisotopic (exact) mass is 378 g/mol. The number of carbonyl (C=O) groups is 1. The van der Waals surface area contributed by atoms with Crippen molar-refractivity contribution in [3.63, 3.8) is 0 Å². The first-order chi connectivity index (χ1) is 11.1. The third-order valence-electron chi connectivity index (χ3n) is 2.50. The zero-order chi connectivity index (χ0) is 17.9. The number of amides is 1. The van der Waals surface area contributed by atoms with Gasteiger partial charge in [-0.05, 0) is 19.1 Å². The van der Waals surface area contributed by atoms with Crippen LogP contribution in [0.2, 0.25) is 0 Å². The van der Waals surface area contributed by atoms with Gasteiger partial charge in [0, 0.05) is 6.07 Å². The number of nitrogens with one attached hydrogen (secondary N) is 2. The highest BCUT2D eigenvalue weighted by atomic mass is 32.2. The third kappa shape index (κ3) is 5.09. The molecule has 0 aliphatic heterocycles. The van der Waals surface area contributed by atoms with Gasteiger partial charge in [-0.1, -0.05) is 11.3 Å². The van der Waals surface area contributed by atoms with E-state index in [1.165, 1.54) is 13.0 Å². The Labute approximate surface area is 139 Å². The molecular weight excluding hydrogens is 366 g/mol. The lowest BCUT2D eigenvalue weighted by atomic mass is 10.3. The van der Waals surface area contributed by atoms with E-state index in [9.17, 15) is 22.0 Å². The molecule has 12 heteroatoms. The Hall–Kier alpha value is -2.34. The van der Waals surface area contributed by atoms with E-state index in [0.29, 0.717) is 0 Å². The number of hydrogen-bond donors (Lipinski definition) is 2. The van der Waals surface area contributed by atoms with Crippen LogP contribution in [-0.2, 0) is 14.8 Å². The number of benzene rings is 1. The summed E-state index contributed by atoms with van der Waals surface area (Å²) in [7, 11) is -3.50. The summed E-state index contributed by atoms with van der Waals surface area (Å²) in [6.07, 6.45) is -0.0882. The number of halogens is 2. The number of aromatic nitrogens is 2. The van der Waals surface area contributed by atoms with Gasteiger partial charge in [0.05, 0.1) is 6.26 Å². The summed E-state index contributed by atoms with van der Waals surface area (Å²) in [5, 5.41) is 9.56. The first-order valence-corrected chi connectivity index (χ1v) is 9.09. The van der Waals surface area contributed by atoms with Crippen LogP contribution in [0.4, 0.5) is 19.0 Å². The maximum absolute atomic E-state index is 13.1. The van der Waals surface area contributed by atoms with Crippen molar-refractivity contribution in [2.24, 2.45) is 0 Å². The lowest BCUT2D eigenvalue weighted by Crippen LogP contribution is -2.30. The minimum absolute atomic E-state index is 0.0121. The number of anilines is 2. The van der Waals surface area contributed by atoms with Crippen LogP contribution in [0.25, 0.3) is 0 Å². The van der Waals surface area contributed by atoms with Crippen LogP contribution >= 0.6 is 11.3 Å². The number of hydrogen-bond acceptors (Lipinski definition) is 7. The fraction of sp³-hybridized carbons (Fsp3) is 0.250. The molecule has 0 aliphatic carbocycles. The van der Waals surface area contributed by atoms with E-state index in [2.05, 4.69) is 20.2 Å². The van der Waals surface area contributed by atoms with Gasteiger partial charge in [0.1, 0.15) is 5.75 Å². The third-order valence-corrected chi connectivity index (χ3v) is 3.95. The van der Waals surface area contributed by atoms with Gasteiger partial charge in [0.2, 0.25) is 20.3 Å².